The van der Waals surface area contributed by atoms with E-state index in [1.165, 1.54) is 19.3 Å². The molecule has 0 aromatic rings. The lowest BCUT2D eigenvalue weighted by molar-refractivity contribution is -0.107. The maximum Gasteiger partial charge on any atom is 0.315 e. The monoisotopic (exact) mass is 326 g/mol. The van der Waals surface area contributed by atoms with Crippen molar-refractivity contribution in [1.82, 2.24) is 10.6 Å². The standard InChI is InChI=1S/C18H34N2O3/c1-17(2,3)15(7-11-21)20-16(22)19-14-8-12-23-18(13-14)9-5-4-6-10-18/h14-15,21H,4-13H2,1-3H3,(H2,19,20,22)/t14-,15+/m0/s1. The molecule has 1 saturated heterocycles. The molecule has 5 nitrogen and oxygen atoms in total. The zero-order valence-electron chi connectivity index (χ0n) is 15.0. The van der Waals surface area contributed by atoms with Crippen LogP contribution in [0.2, 0.25) is 0 Å². The molecule has 1 saturated carbocycles. The molecule has 23 heavy (non-hydrogen) atoms. The van der Waals surface area contributed by atoms with Crippen molar-refractivity contribution in [2.24, 2.45) is 5.41 Å². The number of aliphatic hydroxyl groups is 1. The van der Waals surface area contributed by atoms with Gasteiger partial charge in [0.2, 0.25) is 0 Å². The van der Waals surface area contributed by atoms with E-state index in [0.717, 1.165) is 32.3 Å². The second kappa shape index (κ2) is 7.84. The summed E-state index contributed by atoms with van der Waals surface area (Å²) >= 11 is 0. The molecule has 2 aliphatic rings. The van der Waals surface area contributed by atoms with Gasteiger partial charge in [-0.15, -0.1) is 0 Å². The molecule has 0 aromatic heterocycles. The summed E-state index contributed by atoms with van der Waals surface area (Å²) in [4.78, 5) is 12.4. The zero-order valence-corrected chi connectivity index (χ0v) is 15.0. The Morgan fingerprint density at radius 3 is 2.61 bits per heavy atom. The highest BCUT2D eigenvalue weighted by Crippen LogP contribution is 2.38. The Kier molecular flexibility index (Phi) is 6.32. The van der Waals surface area contributed by atoms with E-state index in [-0.39, 0.29) is 35.7 Å². The van der Waals surface area contributed by atoms with Crippen molar-refractivity contribution in [1.29, 1.82) is 0 Å². The van der Waals surface area contributed by atoms with Crippen molar-refractivity contribution in [3.8, 4) is 0 Å². The van der Waals surface area contributed by atoms with E-state index < -0.39 is 0 Å². The number of hydrogen-bond acceptors (Lipinski definition) is 3. The molecule has 2 fully saturated rings. The SMILES string of the molecule is CC(C)(C)[C@@H](CCO)NC(=O)N[C@H]1CCOC2(CCCCC2)C1. The third kappa shape index (κ3) is 5.35. The van der Waals surface area contributed by atoms with E-state index in [2.05, 4.69) is 31.4 Å². The van der Waals surface area contributed by atoms with Gasteiger partial charge in [0.15, 0.2) is 0 Å². The van der Waals surface area contributed by atoms with Crippen LogP contribution in [0.5, 0.6) is 0 Å². The number of aliphatic hydroxyl groups excluding tert-OH is 1. The number of carbonyl (C=O) groups is 1. The fourth-order valence-corrected chi connectivity index (χ4v) is 3.93. The Morgan fingerprint density at radius 2 is 2.00 bits per heavy atom. The molecule has 1 aliphatic carbocycles. The number of hydrogen-bond donors (Lipinski definition) is 3. The van der Waals surface area contributed by atoms with E-state index in [1.54, 1.807) is 0 Å². The summed E-state index contributed by atoms with van der Waals surface area (Å²) in [7, 11) is 0. The normalized spacial score (nSPS) is 25.8. The van der Waals surface area contributed by atoms with Crippen LogP contribution in [0.25, 0.3) is 0 Å². The van der Waals surface area contributed by atoms with Crippen LogP contribution in [0.1, 0.15) is 72.1 Å². The van der Waals surface area contributed by atoms with Crippen molar-refractivity contribution in [2.75, 3.05) is 13.2 Å². The number of rotatable bonds is 4. The summed E-state index contributed by atoms with van der Waals surface area (Å²) in [5.74, 6) is 0. The van der Waals surface area contributed by atoms with Crippen molar-refractivity contribution in [3.63, 3.8) is 0 Å². The predicted octanol–water partition coefficient (Wildman–Crippen LogP) is 2.96. The Balaban J connectivity index is 1.86. The van der Waals surface area contributed by atoms with Crippen LogP contribution in [0.15, 0.2) is 0 Å². The highest BCUT2D eigenvalue weighted by atomic mass is 16.5. The molecule has 134 valence electrons. The second-order valence-electron chi connectivity index (χ2n) is 8.33. The van der Waals surface area contributed by atoms with Crippen LogP contribution in [0.3, 0.4) is 0 Å². The molecule has 2 rings (SSSR count). The lowest BCUT2D eigenvalue weighted by Crippen LogP contribution is -2.54. The smallest absolute Gasteiger partial charge is 0.315 e. The molecule has 3 N–H and O–H groups in total. The summed E-state index contributed by atoms with van der Waals surface area (Å²) in [6.07, 6.45) is 8.43. The van der Waals surface area contributed by atoms with Gasteiger partial charge in [-0.2, -0.15) is 0 Å². The Bertz CT molecular complexity index is 381. The van der Waals surface area contributed by atoms with Crippen LogP contribution < -0.4 is 10.6 Å². The van der Waals surface area contributed by atoms with Gasteiger partial charge < -0.3 is 20.5 Å². The molecule has 2 amide bonds. The summed E-state index contributed by atoms with van der Waals surface area (Å²) in [5.41, 5.74) is -0.0662. The second-order valence-corrected chi connectivity index (χ2v) is 8.33. The van der Waals surface area contributed by atoms with Gasteiger partial charge in [-0.25, -0.2) is 4.79 Å². The number of nitrogens with one attached hydrogen (secondary N) is 2. The third-order valence-corrected chi connectivity index (χ3v) is 5.36. The minimum Gasteiger partial charge on any atom is -0.396 e. The van der Waals surface area contributed by atoms with E-state index in [4.69, 9.17) is 4.74 Å². The first kappa shape index (κ1) is 18.5. The number of urea groups is 1. The summed E-state index contributed by atoms with van der Waals surface area (Å²) in [5, 5.41) is 15.4. The van der Waals surface area contributed by atoms with Crippen molar-refractivity contribution in [3.05, 3.63) is 0 Å². The maximum absolute atomic E-state index is 12.4. The zero-order chi connectivity index (χ0) is 16.9. The van der Waals surface area contributed by atoms with E-state index in [9.17, 15) is 9.90 Å². The fraction of sp³-hybridized carbons (Fsp3) is 0.944. The lowest BCUT2D eigenvalue weighted by Gasteiger charge is -2.43. The van der Waals surface area contributed by atoms with Gasteiger partial charge >= 0.3 is 6.03 Å². The molecule has 5 heteroatoms. The minimum atomic E-state index is -0.115. The molecular weight excluding hydrogens is 292 g/mol. The van der Waals surface area contributed by atoms with Gasteiger partial charge in [0.1, 0.15) is 0 Å². The summed E-state index contributed by atoms with van der Waals surface area (Å²) in [6.45, 7) is 7.07. The molecule has 0 aromatic carbocycles. The van der Waals surface area contributed by atoms with Crippen LogP contribution in [0, 0.1) is 5.41 Å². The fourth-order valence-electron chi connectivity index (χ4n) is 3.93. The first-order valence-corrected chi connectivity index (χ1v) is 9.16. The highest BCUT2D eigenvalue weighted by Gasteiger charge is 2.39. The average molecular weight is 326 g/mol. The molecule has 1 heterocycles. The largest absolute Gasteiger partial charge is 0.396 e. The van der Waals surface area contributed by atoms with Gasteiger partial charge in [0.25, 0.3) is 0 Å². The summed E-state index contributed by atoms with van der Waals surface area (Å²) < 4.78 is 6.09. The van der Waals surface area contributed by atoms with Gasteiger partial charge in [0.05, 0.1) is 5.60 Å². The third-order valence-electron chi connectivity index (χ3n) is 5.36. The Morgan fingerprint density at radius 1 is 1.30 bits per heavy atom. The summed E-state index contributed by atoms with van der Waals surface area (Å²) in [6, 6.07) is 0.0452. The van der Waals surface area contributed by atoms with E-state index in [0.29, 0.717) is 6.42 Å². The van der Waals surface area contributed by atoms with Crippen molar-refractivity contribution >= 4 is 6.03 Å². The van der Waals surface area contributed by atoms with E-state index in [1.807, 2.05) is 0 Å². The van der Waals surface area contributed by atoms with Crippen LogP contribution in [-0.4, -0.2) is 42.0 Å². The molecule has 2 atom stereocenters. The van der Waals surface area contributed by atoms with Crippen LogP contribution in [0.4, 0.5) is 4.79 Å². The van der Waals surface area contributed by atoms with Gasteiger partial charge in [-0.3, -0.25) is 0 Å². The maximum atomic E-state index is 12.4. The van der Waals surface area contributed by atoms with E-state index >= 15 is 0 Å². The van der Waals surface area contributed by atoms with Gasteiger partial charge in [-0.1, -0.05) is 40.0 Å². The molecule has 1 spiro atoms. The topological polar surface area (TPSA) is 70.6 Å². The Labute approximate surface area is 140 Å². The first-order valence-electron chi connectivity index (χ1n) is 9.16. The number of carbonyl (C=O) groups excluding carboxylic acids is 1. The molecule has 0 bridgehead atoms. The quantitative estimate of drug-likeness (QED) is 0.744. The first-order chi connectivity index (χ1) is 10.8. The van der Waals surface area contributed by atoms with Gasteiger partial charge in [0, 0.05) is 25.3 Å². The number of ether oxygens (including phenoxy) is 1. The van der Waals surface area contributed by atoms with Gasteiger partial charge in [-0.05, 0) is 37.5 Å². The molecule has 0 unspecified atom stereocenters. The number of amides is 2. The molecule has 1 aliphatic heterocycles. The van der Waals surface area contributed by atoms with Crippen LogP contribution in [-0.2, 0) is 4.74 Å². The highest BCUT2D eigenvalue weighted by molar-refractivity contribution is 5.74. The predicted molar refractivity (Wildman–Crippen MR) is 91.4 cm³/mol. The molecular formula is C18H34N2O3. The van der Waals surface area contributed by atoms with Crippen molar-refractivity contribution in [2.45, 2.75) is 89.8 Å². The minimum absolute atomic E-state index is 0.00295. The lowest BCUT2D eigenvalue weighted by atomic mass is 9.78. The van der Waals surface area contributed by atoms with Crippen LogP contribution >= 0.6 is 0 Å². The van der Waals surface area contributed by atoms with Crippen molar-refractivity contribution < 1.29 is 14.6 Å². The Hall–Kier alpha value is -0.810. The molecule has 0 radical (unpaired) electrons. The average Bonchev–Trinajstić information content (AvgIpc) is 2.46.